The van der Waals surface area contributed by atoms with Gasteiger partial charge in [0, 0.05) is 48.4 Å². The Morgan fingerprint density at radius 1 is 1.23 bits per heavy atom. The SMILES string of the molecule is CCN(CC)c1ccc(NC(=O)CCc2nc(C)cs2)cc1. The first-order valence-corrected chi connectivity index (χ1v) is 8.56. The van der Waals surface area contributed by atoms with Crippen molar-refractivity contribution in [2.75, 3.05) is 23.3 Å². The lowest BCUT2D eigenvalue weighted by molar-refractivity contribution is -0.116. The van der Waals surface area contributed by atoms with Gasteiger partial charge in [0.05, 0.1) is 5.01 Å². The van der Waals surface area contributed by atoms with E-state index in [4.69, 9.17) is 0 Å². The third-order valence-electron chi connectivity index (χ3n) is 3.51. The molecule has 2 rings (SSSR count). The number of hydrogen-bond acceptors (Lipinski definition) is 4. The Morgan fingerprint density at radius 2 is 1.91 bits per heavy atom. The molecular formula is C17H23N3OS. The smallest absolute Gasteiger partial charge is 0.224 e. The Morgan fingerprint density at radius 3 is 2.45 bits per heavy atom. The van der Waals surface area contributed by atoms with Crippen LogP contribution >= 0.6 is 11.3 Å². The topological polar surface area (TPSA) is 45.2 Å². The zero-order chi connectivity index (χ0) is 15.9. The summed E-state index contributed by atoms with van der Waals surface area (Å²) in [5.74, 6) is 0.0310. The fourth-order valence-corrected chi connectivity index (χ4v) is 3.08. The molecule has 2 aromatic rings. The molecule has 118 valence electrons. The number of anilines is 2. The molecule has 0 aliphatic heterocycles. The summed E-state index contributed by atoms with van der Waals surface area (Å²) in [6.07, 6.45) is 1.16. The van der Waals surface area contributed by atoms with Gasteiger partial charge in [-0.15, -0.1) is 11.3 Å². The van der Waals surface area contributed by atoms with Crippen LogP contribution in [0.1, 0.15) is 31.0 Å². The number of nitrogens with zero attached hydrogens (tertiary/aromatic N) is 2. The summed E-state index contributed by atoms with van der Waals surface area (Å²) in [5, 5.41) is 5.97. The quantitative estimate of drug-likeness (QED) is 0.843. The molecule has 5 heteroatoms. The number of benzene rings is 1. The van der Waals surface area contributed by atoms with E-state index in [1.165, 1.54) is 5.69 Å². The average molecular weight is 317 g/mol. The molecule has 1 N–H and O–H groups in total. The molecule has 22 heavy (non-hydrogen) atoms. The fraction of sp³-hybridized carbons (Fsp3) is 0.412. The van der Waals surface area contributed by atoms with Crippen LogP contribution in [-0.4, -0.2) is 24.0 Å². The monoisotopic (exact) mass is 317 g/mol. The van der Waals surface area contributed by atoms with Crippen molar-refractivity contribution in [2.45, 2.75) is 33.6 Å². The summed E-state index contributed by atoms with van der Waals surface area (Å²) in [5.41, 5.74) is 3.05. The number of aromatic nitrogens is 1. The van der Waals surface area contributed by atoms with Crippen LogP contribution in [0.2, 0.25) is 0 Å². The molecule has 0 saturated heterocycles. The highest BCUT2D eigenvalue weighted by Crippen LogP contribution is 2.18. The van der Waals surface area contributed by atoms with Crippen LogP contribution in [0.5, 0.6) is 0 Å². The normalized spacial score (nSPS) is 10.5. The second-order valence-corrected chi connectivity index (χ2v) is 6.09. The standard InChI is InChI=1S/C17H23N3OS/c1-4-20(5-2)15-8-6-14(7-9-15)19-16(21)10-11-17-18-13(3)12-22-17/h6-9,12H,4-5,10-11H2,1-3H3,(H,19,21). The maximum absolute atomic E-state index is 12.0. The second-order valence-electron chi connectivity index (χ2n) is 5.15. The molecule has 1 amide bonds. The highest BCUT2D eigenvalue weighted by atomic mass is 32.1. The number of amides is 1. The third-order valence-corrected chi connectivity index (χ3v) is 4.54. The van der Waals surface area contributed by atoms with Gasteiger partial charge < -0.3 is 10.2 Å². The van der Waals surface area contributed by atoms with Gasteiger partial charge >= 0.3 is 0 Å². The number of carbonyl (C=O) groups excluding carboxylic acids is 1. The number of rotatable bonds is 7. The largest absolute Gasteiger partial charge is 0.372 e. The number of nitrogens with one attached hydrogen (secondary N) is 1. The van der Waals surface area contributed by atoms with Gasteiger partial charge in [0.25, 0.3) is 0 Å². The van der Waals surface area contributed by atoms with Crippen LogP contribution < -0.4 is 10.2 Å². The molecule has 0 bridgehead atoms. The van der Waals surface area contributed by atoms with E-state index in [1.54, 1.807) is 11.3 Å². The first-order chi connectivity index (χ1) is 10.6. The Hall–Kier alpha value is -1.88. The minimum absolute atomic E-state index is 0.0310. The van der Waals surface area contributed by atoms with Crippen molar-refractivity contribution < 1.29 is 4.79 Å². The lowest BCUT2D eigenvalue weighted by Crippen LogP contribution is -2.21. The van der Waals surface area contributed by atoms with Crippen molar-refractivity contribution in [1.82, 2.24) is 4.98 Å². The Balaban J connectivity index is 1.86. The van der Waals surface area contributed by atoms with Crippen LogP contribution in [0.15, 0.2) is 29.6 Å². The van der Waals surface area contributed by atoms with Crippen LogP contribution in [0.25, 0.3) is 0 Å². The second kappa shape index (κ2) is 7.94. The van der Waals surface area contributed by atoms with E-state index >= 15 is 0 Å². The maximum atomic E-state index is 12.0. The summed E-state index contributed by atoms with van der Waals surface area (Å²) in [4.78, 5) is 18.6. The average Bonchev–Trinajstić information content (AvgIpc) is 2.94. The summed E-state index contributed by atoms with van der Waals surface area (Å²) in [6, 6.07) is 8.01. The van der Waals surface area contributed by atoms with E-state index in [0.717, 1.165) is 29.5 Å². The number of aryl methyl sites for hydroxylation is 2. The van der Waals surface area contributed by atoms with Crippen LogP contribution in [0.4, 0.5) is 11.4 Å². The minimum atomic E-state index is 0.0310. The van der Waals surface area contributed by atoms with E-state index in [1.807, 2.05) is 36.6 Å². The summed E-state index contributed by atoms with van der Waals surface area (Å²) >= 11 is 1.61. The number of hydrogen-bond donors (Lipinski definition) is 1. The fourth-order valence-electron chi connectivity index (χ4n) is 2.31. The Kier molecular flexibility index (Phi) is 5.95. The van der Waals surface area contributed by atoms with Crippen LogP contribution in [-0.2, 0) is 11.2 Å². The molecule has 0 saturated carbocycles. The zero-order valence-corrected chi connectivity index (χ0v) is 14.2. The van der Waals surface area contributed by atoms with Gasteiger partial charge in [-0.1, -0.05) is 0 Å². The van der Waals surface area contributed by atoms with Crippen molar-refractivity contribution in [3.63, 3.8) is 0 Å². The summed E-state index contributed by atoms with van der Waals surface area (Å²) in [7, 11) is 0. The van der Waals surface area contributed by atoms with Gasteiger partial charge in [-0.2, -0.15) is 0 Å². The maximum Gasteiger partial charge on any atom is 0.224 e. The van der Waals surface area contributed by atoms with Crippen molar-refractivity contribution in [1.29, 1.82) is 0 Å². The van der Waals surface area contributed by atoms with Gasteiger partial charge in [-0.3, -0.25) is 4.79 Å². The molecule has 4 nitrogen and oxygen atoms in total. The molecule has 0 atom stereocenters. The first-order valence-electron chi connectivity index (χ1n) is 7.68. The van der Waals surface area contributed by atoms with Crippen molar-refractivity contribution in [3.05, 3.63) is 40.3 Å². The van der Waals surface area contributed by atoms with Crippen molar-refractivity contribution in [3.8, 4) is 0 Å². The zero-order valence-electron chi connectivity index (χ0n) is 13.4. The van der Waals surface area contributed by atoms with Gasteiger partial charge in [-0.05, 0) is 45.0 Å². The molecule has 1 heterocycles. The number of thiazole rings is 1. The predicted octanol–water partition coefficient (Wildman–Crippen LogP) is 3.87. The molecule has 1 aromatic heterocycles. The summed E-state index contributed by atoms with van der Waals surface area (Å²) < 4.78 is 0. The molecule has 0 spiro atoms. The van der Waals surface area contributed by atoms with Gasteiger partial charge in [0.1, 0.15) is 0 Å². The van der Waals surface area contributed by atoms with E-state index in [9.17, 15) is 4.79 Å². The first kappa shape index (κ1) is 16.5. The van der Waals surface area contributed by atoms with Gasteiger partial charge in [-0.25, -0.2) is 4.98 Å². The van der Waals surface area contributed by atoms with Crippen LogP contribution in [0, 0.1) is 6.92 Å². The van der Waals surface area contributed by atoms with E-state index < -0.39 is 0 Å². The van der Waals surface area contributed by atoms with Gasteiger partial charge in [0.2, 0.25) is 5.91 Å². The minimum Gasteiger partial charge on any atom is -0.372 e. The van der Waals surface area contributed by atoms with Crippen molar-refractivity contribution >= 4 is 28.6 Å². The molecule has 0 unspecified atom stereocenters. The highest BCUT2D eigenvalue weighted by Gasteiger charge is 2.06. The Bertz CT molecular complexity index is 603. The molecule has 0 fully saturated rings. The lowest BCUT2D eigenvalue weighted by atomic mass is 10.2. The van der Waals surface area contributed by atoms with E-state index in [2.05, 4.69) is 29.0 Å². The van der Waals surface area contributed by atoms with E-state index in [-0.39, 0.29) is 5.91 Å². The van der Waals surface area contributed by atoms with Crippen LogP contribution in [0.3, 0.4) is 0 Å². The summed E-state index contributed by atoms with van der Waals surface area (Å²) in [6.45, 7) is 8.21. The predicted molar refractivity (Wildman–Crippen MR) is 93.8 cm³/mol. The molecule has 0 aliphatic carbocycles. The lowest BCUT2D eigenvalue weighted by Gasteiger charge is -2.21. The molecular weight excluding hydrogens is 294 g/mol. The van der Waals surface area contributed by atoms with Gasteiger partial charge in [0.15, 0.2) is 0 Å². The molecule has 0 aliphatic rings. The van der Waals surface area contributed by atoms with E-state index in [0.29, 0.717) is 12.8 Å². The molecule has 1 aromatic carbocycles. The highest BCUT2D eigenvalue weighted by molar-refractivity contribution is 7.09. The Labute approximate surface area is 136 Å². The molecule has 0 radical (unpaired) electrons. The third kappa shape index (κ3) is 4.56. The number of carbonyl (C=O) groups is 1. The van der Waals surface area contributed by atoms with Crippen molar-refractivity contribution in [2.24, 2.45) is 0 Å².